The van der Waals surface area contributed by atoms with Gasteiger partial charge in [0.25, 0.3) is 0 Å². The number of fused-ring (bicyclic) bond motifs is 1. The van der Waals surface area contributed by atoms with Crippen molar-refractivity contribution in [1.82, 2.24) is 0 Å². The first-order valence-corrected chi connectivity index (χ1v) is 6.00. The highest BCUT2D eigenvalue weighted by Crippen LogP contribution is 2.42. The molecule has 0 bridgehead atoms. The maximum atomic E-state index is 12.1. The largest absolute Gasteiger partial charge is 0.465 e. The fourth-order valence-electron chi connectivity index (χ4n) is 2.68. The molecule has 0 aromatic heterocycles. The number of hydrogen-bond donors (Lipinski definition) is 0. The maximum absolute atomic E-state index is 12.1. The van der Waals surface area contributed by atoms with Crippen LogP contribution in [0.3, 0.4) is 0 Å². The van der Waals surface area contributed by atoms with Crippen LogP contribution in [0.4, 0.5) is 0 Å². The zero-order chi connectivity index (χ0) is 11.6. The molecule has 1 aliphatic carbocycles. The lowest BCUT2D eigenvalue weighted by Crippen LogP contribution is -2.34. The Balaban J connectivity index is 2.41. The molecule has 0 spiro atoms. The second kappa shape index (κ2) is 4.28. The lowest BCUT2D eigenvalue weighted by Gasteiger charge is -2.26. The van der Waals surface area contributed by atoms with E-state index in [1.54, 1.807) is 0 Å². The molecule has 1 aromatic rings. The van der Waals surface area contributed by atoms with Crippen molar-refractivity contribution in [2.24, 2.45) is 0 Å². The Morgan fingerprint density at radius 1 is 1.38 bits per heavy atom. The predicted octanol–water partition coefficient (Wildman–Crippen LogP) is 2.84. The molecule has 1 aromatic carbocycles. The minimum Gasteiger partial charge on any atom is -0.465 e. The second-order valence-electron chi connectivity index (χ2n) is 4.31. The number of aryl methyl sites for hydroxylation is 1. The highest BCUT2D eigenvalue weighted by atomic mass is 16.5. The Labute approximate surface area is 96.6 Å². The van der Waals surface area contributed by atoms with E-state index >= 15 is 0 Å². The SMILES string of the molecule is CCOC(=O)C1(CC)CCc2ccccc21. The van der Waals surface area contributed by atoms with Crippen molar-refractivity contribution in [3.63, 3.8) is 0 Å². The molecule has 1 atom stereocenters. The molecule has 0 N–H and O–H groups in total. The van der Waals surface area contributed by atoms with Gasteiger partial charge >= 0.3 is 5.97 Å². The monoisotopic (exact) mass is 218 g/mol. The molecule has 0 saturated heterocycles. The summed E-state index contributed by atoms with van der Waals surface area (Å²) < 4.78 is 5.24. The molecule has 2 rings (SSSR count). The van der Waals surface area contributed by atoms with Gasteiger partial charge in [-0.25, -0.2) is 0 Å². The van der Waals surface area contributed by atoms with Crippen molar-refractivity contribution in [2.75, 3.05) is 6.61 Å². The van der Waals surface area contributed by atoms with Gasteiger partial charge in [-0.1, -0.05) is 31.2 Å². The van der Waals surface area contributed by atoms with Gasteiger partial charge < -0.3 is 4.74 Å². The first-order valence-electron chi connectivity index (χ1n) is 6.00. The van der Waals surface area contributed by atoms with Crippen molar-refractivity contribution in [3.8, 4) is 0 Å². The fourth-order valence-corrected chi connectivity index (χ4v) is 2.68. The van der Waals surface area contributed by atoms with Gasteiger partial charge in [0.05, 0.1) is 12.0 Å². The van der Waals surface area contributed by atoms with E-state index < -0.39 is 0 Å². The second-order valence-corrected chi connectivity index (χ2v) is 4.31. The Kier molecular flexibility index (Phi) is 2.99. The van der Waals surface area contributed by atoms with Gasteiger partial charge in [-0.3, -0.25) is 4.79 Å². The van der Waals surface area contributed by atoms with Crippen molar-refractivity contribution < 1.29 is 9.53 Å². The summed E-state index contributed by atoms with van der Waals surface area (Å²) in [6.07, 6.45) is 2.70. The van der Waals surface area contributed by atoms with Crippen LogP contribution < -0.4 is 0 Å². The number of ether oxygens (including phenoxy) is 1. The van der Waals surface area contributed by atoms with Gasteiger partial charge in [0.1, 0.15) is 0 Å². The van der Waals surface area contributed by atoms with Crippen LogP contribution in [0.25, 0.3) is 0 Å². The maximum Gasteiger partial charge on any atom is 0.316 e. The summed E-state index contributed by atoms with van der Waals surface area (Å²) in [5, 5.41) is 0. The van der Waals surface area contributed by atoms with Crippen LogP contribution in [0.5, 0.6) is 0 Å². The van der Waals surface area contributed by atoms with E-state index in [1.165, 1.54) is 11.1 Å². The molecule has 16 heavy (non-hydrogen) atoms. The summed E-state index contributed by atoms with van der Waals surface area (Å²) in [5.74, 6) is -0.0533. The lowest BCUT2D eigenvalue weighted by molar-refractivity contribution is -0.150. The van der Waals surface area contributed by atoms with Crippen LogP contribution in [-0.2, 0) is 21.4 Å². The fraction of sp³-hybridized carbons (Fsp3) is 0.500. The van der Waals surface area contributed by atoms with Gasteiger partial charge in [0, 0.05) is 0 Å². The third-order valence-electron chi connectivity index (χ3n) is 3.62. The van der Waals surface area contributed by atoms with Gasteiger partial charge in [-0.2, -0.15) is 0 Å². The minimum atomic E-state index is -0.382. The number of esters is 1. The van der Waals surface area contributed by atoms with E-state index in [0.717, 1.165) is 19.3 Å². The van der Waals surface area contributed by atoms with Crippen molar-refractivity contribution in [2.45, 2.75) is 38.5 Å². The van der Waals surface area contributed by atoms with E-state index in [4.69, 9.17) is 4.74 Å². The first-order chi connectivity index (χ1) is 7.74. The van der Waals surface area contributed by atoms with Gasteiger partial charge in [-0.05, 0) is 37.3 Å². The van der Waals surface area contributed by atoms with Crippen LogP contribution in [0, 0.1) is 0 Å². The molecular formula is C14H18O2. The Morgan fingerprint density at radius 2 is 2.12 bits per heavy atom. The summed E-state index contributed by atoms with van der Waals surface area (Å²) in [6, 6.07) is 8.23. The van der Waals surface area contributed by atoms with Crippen molar-refractivity contribution in [1.29, 1.82) is 0 Å². The number of benzene rings is 1. The highest BCUT2D eigenvalue weighted by Gasteiger charge is 2.44. The molecule has 1 unspecified atom stereocenters. The molecule has 86 valence electrons. The molecule has 0 aliphatic heterocycles. The van der Waals surface area contributed by atoms with E-state index in [1.807, 2.05) is 19.1 Å². The summed E-state index contributed by atoms with van der Waals surface area (Å²) in [5.41, 5.74) is 2.10. The number of carbonyl (C=O) groups is 1. The minimum absolute atomic E-state index is 0.0533. The number of carbonyl (C=O) groups excluding carboxylic acids is 1. The zero-order valence-electron chi connectivity index (χ0n) is 9.95. The average molecular weight is 218 g/mol. The zero-order valence-corrected chi connectivity index (χ0v) is 9.95. The average Bonchev–Trinajstić information content (AvgIpc) is 2.69. The summed E-state index contributed by atoms with van der Waals surface area (Å²) in [4.78, 5) is 12.1. The molecular weight excluding hydrogens is 200 g/mol. The summed E-state index contributed by atoms with van der Waals surface area (Å²) >= 11 is 0. The molecule has 0 saturated carbocycles. The van der Waals surface area contributed by atoms with E-state index in [-0.39, 0.29) is 11.4 Å². The van der Waals surface area contributed by atoms with E-state index in [0.29, 0.717) is 6.61 Å². The van der Waals surface area contributed by atoms with Gasteiger partial charge in [0.2, 0.25) is 0 Å². The number of rotatable bonds is 3. The lowest BCUT2D eigenvalue weighted by atomic mass is 9.79. The third kappa shape index (κ3) is 1.53. The number of hydrogen-bond acceptors (Lipinski definition) is 2. The third-order valence-corrected chi connectivity index (χ3v) is 3.62. The smallest absolute Gasteiger partial charge is 0.316 e. The molecule has 0 radical (unpaired) electrons. The van der Waals surface area contributed by atoms with E-state index in [2.05, 4.69) is 19.1 Å². The highest BCUT2D eigenvalue weighted by molar-refractivity contribution is 5.84. The van der Waals surface area contributed by atoms with Crippen LogP contribution in [0.2, 0.25) is 0 Å². The molecule has 2 heteroatoms. The van der Waals surface area contributed by atoms with Gasteiger partial charge in [-0.15, -0.1) is 0 Å². The van der Waals surface area contributed by atoms with Crippen LogP contribution in [0.15, 0.2) is 24.3 Å². The van der Waals surface area contributed by atoms with Crippen molar-refractivity contribution >= 4 is 5.97 Å². The quantitative estimate of drug-likeness (QED) is 0.729. The molecule has 0 heterocycles. The molecule has 0 amide bonds. The summed E-state index contributed by atoms with van der Waals surface area (Å²) in [6.45, 7) is 4.39. The Morgan fingerprint density at radius 3 is 2.81 bits per heavy atom. The van der Waals surface area contributed by atoms with Crippen LogP contribution >= 0.6 is 0 Å². The van der Waals surface area contributed by atoms with Gasteiger partial charge in [0.15, 0.2) is 0 Å². The molecule has 1 aliphatic rings. The first kappa shape index (κ1) is 11.2. The summed E-state index contributed by atoms with van der Waals surface area (Å²) in [7, 11) is 0. The molecule has 2 nitrogen and oxygen atoms in total. The van der Waals surface area contributed by atoms with Crippen LogP contribution in [0.1, 0.15) is 37.8 Å². The topological polar surface area (TPSA) is 26.3 Å². The predicted molar refractivity (Wildman–Crippen MR) is 63.4 cm³/mol. The van der Waals surface area contributed by atoms with Crippen molar-refractivity contribution in [3.05, 3.63) is 35.4 Å². The standard InChI is InChI=1S/C14H18O2/c1-3-14(13(15)16-4-2)10-9-11-7-5-6-8-12(11)14/h5-8H,3-4,9-10H2,1-2H3. The molecule has 0 fully saturated rings. The van der Waals surface area contributed by atoms with Crippen LogP contribution in [-0.4, -0.2) is 12.6 Å². The van der Waals surface area contributed by atoms with E-state index in [9.17, 15) is 4.79 Å². The Hall–Kier alpha value is -1.31. The Bertz CT molecular complexity index is 397. The normalized spacial score (nSPS) is 22.9.